The molecule has 7 heteroatoms. The van der Waals surface area contributed by atoms with E-state index in [-0.39, 0.29) is 18.6 Å². The van der Waals surface area contributed by atoms with Crippen LogP contribution < -0.4 is 0 Å². The Hall–Kier alpha value is -1.57. The van der Waals surface area contributed by atoms with Crippen LogP contribution in [0.15, 0.2) is 18.2 Å². The van der Waals surface area contributed by atoms with Gasteiger partial charge in [0.1, 0.15) is 6.61 Å². The van der Waals surface area contributed by atoms with E-state index in [2.05, 4.69) is 0 Å². The van der Waals surface area contributed by atoms with Crippen LogP contribution >= 0.6 is 0 Å². The van der Waals surface area contributed by atoms with Crippen LogP contribution in [0.5, 0.6) is 0 Å². The van der Waals surface area contributed by atoms with E-state index in [9.17, 15) is 18.7 Å². The van der Waals surface area contributed by atoms with Gasteiger partial charge in [-0.2, -0.15) is 0 Å². The predicted molar refractivity (Wildman–Crippen MR) is 75.9 cm³/mol. The summed E-state index contributed by atoms with van der Waals surface area (Å²) < 4.78 is 26.2. The lowest BCUT2D eigenvalue weighted by molar-refractivity contribution is -0.137. The highest BCUT2D eigenvalue weighted by Crippen LogP contribution is 2.18. The third-order valence-electron chi connectivity index (χ3n) is 3.92. The summed E-state index contributed by atoms with van der Waals surface area (Å²) in [5.74, 6) is -2.10. The topological polar surface area (TPSA) is 64.0 Å². The third-order valence-corrected chi connectivity index (χ3v) is 3.92. The number of carbonyl (C=O) groups excluding carboxylic acids is 1. The van der Waals surface area contributed by atoms with E-state index in [1.165, 1.54) is 6.07 Å². The van der Waals surface area contributed by atoms with Crippen molar-refractivity contribution in [3.8, 4) is 0 Å². The quantitative estimate of drug-likeness (QED) is 0.823. The predicted octanol–water partition coefficient (Wildman–Crippen LogP) is 0.352. The second kappa shape index (κ2) is 7.62. The minimum atomic E-state index is -0.884. The van der Waals surface area contributed by atoms with Crippen molar-refractivity contribution < 1.29 is 23.8 Å². The Balaban J connectivity index is 2.05. The Labute approximate surface area is 127 Å². The Morgan fingerprint density at radius 1 is 1.23 bits per heavy atom. The van der Waals surface area contributed by atoms with E-state index in [0.717, 1.165) is 12.1 Å². The normalized spacial score (nSPS) is 19.5. The van der Waals surface area contributed by atoms with Crippen molar-refractivity contribution in [2.24, 2.45) is 0 Å². The fourth-order valence-corrected chi connectivity index (χ4v) is 2.72. The largest absolute Gasteiger partial charge is 0.396 e. The van der Waals surface area contributed by atoms with Crippen molar-refractivity contribution in [1.82, 2.24) is 9.80 Å². The summed E-state index contributed by atoms with van der Waals surface area (Å²) in [7, 11) is 0. The number of halogens is 2. The molecule has 122 valence electrons. The molecule has 2 rings (SSSR count). The van der Waals surface area contributed by atoms with E-state index in [1.807, 2.05) is 4.90 Å². The molecule has 1 saturated heterocycles. The summed E-state index contributed by atoms with van der Waals surface area (Å²) in [4.78, 5) is 15.2. The zero-order valence-electron chi connectivity index (χ0n) is 12.2. The average molecular weight is 314 g/mol. The molecule has 0 aliphatic carbocycles. The standard InChI is InChI=1S/C15H20F2N2O3/c16-13-2-1-11(7-14(13)17)8-18-4-5-19(15(22)10-21)9-12(18)3-6-20/h1-2,7,12,20-21H,3-6,8-10H2/t12-/m1/s1. The van der Waals surface area contributed by atoms with Gasteiger partial charge in [0.15, 0.2) is 11.6 Å². The smallest absolute Gasteiger partial charge is 0.248 e. The maximum absolute atomic E-state index is 13.3. The molecule has 0 unspecified atom stereocenters. The van der Waals surface area contributed by atoms with Gasteiger partial charge in [-0.3, -0.25) is 9.69 Å². The van der Waals surface area contributed by atoms with Gasteiger partial charge in [-0.05, 0) is 24.1 Å². The van der Waals surface area contributed by atoms with Gasteiger partial charge in [0, 0.05) is 38.8 Å². The van der Waals surface area contributed by atoms with Crippen LogP contribution in [0.4, 0.5) is 8.78 Å². The fourth-order valence-electron chi connectivity index (χ4n) is 2.72. The molecule has 2 N–H and O–H groups in total. The van der Waals surface area contributed by atoms with E-state index in [4.69, 9.17) is 5.11 Å². The Kier molecular flexibility index (Phi) is 5.82. The van der Waals surface area contributed by atoms with Crippen molar-refractivity contribution >= 4 is 5.91 Å². The van der Waals surface area contributed by atoms with Crippen LogP contribution in [0, 0.1) is 11.6 Å². The molecule has 1 fully saturated rings. The summed E-state index contributed by atoms with van der Waals surface area (Å²) in [6.07, 6.45) is 0.471. The molecule has 0 aromatic heterocycles. The van der Waals surface area contributed by atoms with Gasteiger partial charge in [0.25, 0.3) is 0 Å². The van der Waals surface area contributed by atoms with Crippen LogP contribution in [0.1, 0.15) is 12.0 Å². The van der Waals surface area contributed by atoms with Gasteiger partial charge >= 0.3 is 0 Å². The van der Waals surface area contributed by atoms with Gasteiger partial charge in [-0.15, -0.1) is 0 Å². The minimum Gasteiger partial charge on any atom is -0.396 e. The van der Waals surface area contributed by atoms with Crippen LogP contribution in [0.3, 0.4) is 0 Å². The summed E-state index contributed by atoms with van der Waals surface area (Å²) in [5.41, 5.74) is 0.642. The fraction of sp³-hybridized carbons (Fsp3) is 0.533. The molecular weight excluding hydrogens is 294 g/mol. The Bertz CT molecular complexity index is 528. The second-order valence-electron chi connectivity index (χ2n) is 5.38. The molecule has 1 heterocycles. The maximum atomic E-state index is 13.3. The number of amides is 1. The maximum Gasteiger partial charge on any atom is 0.248 e. The lowest BCUT2D eigenvalue weighted by Gasteiger charge is -2.41. The monoisotopic (exact) mass is 314 g/mol. The number of hydrogen-bond acceptors (Lipinski definition) is 4. The van der Waals surface area contributed by atoms with Crippen molar-refractivity contribution in [1.29, 1.82) is 0 Å². The first-order valence-corrected chi connectivity index (χ1v) is 7.22. The Morgan fingerprint density at radius 3 is 2.64 bits per heavy atom. The first-order valence-electron chi connectivity index (χ1n) is 7.22. The molecule has 0 saturated carbocycles. The second-order valence-corrected chi connectivity index (χ2v) is 5.38. The van der Waals surface area contributed by atoms with Crippen LogP contribution in [0.25, 0.3) is 0 Å². The number of aliphatic hydroxyl groups is 2. The van der Waals surface area contributed by atoms with E-state index in [1.54, 1.807) is 4.90 Å². The molecule has 1 aliphatic rings. The first-order chi connectivity index (χ1) is 10.5. The molecule has 1 amide bonds. The van der Waals surface area contributed by atoms with Crippen LogP contribution in [0.2, 0.25) is 0 Å². The SMILES string of the molecule is O=C(CO)N1CCN(Cc2ccc(F)c(F)c2)[C@H](CCO)C1. The zero-order valence-corrected chi connectivity index (χ0v) is 12.2. The van der Waals surface area contributed by atoms with Crippen LogP contribution in [-0.4, -0.2) is 64.8 Å². The van der Waals surface area contributed by atoms with E-state index < -0.39 is 18.2 Å². The molecule has 22 heavy (non-hydrogen) atoms. The highest BCUT2D eigenvalue weighted by atomic mass is 19.2. The number of aliphatic hydroxyl groups excluding tert-OH is 2. The van der Waals surface area contributed by atoms with Crippen molar-refractivity contribution in [2.75, 3.05) is 32.8 Å². The number of carbonyl (C=O) groups is 1. The number of piperazine rings is 1. The van der Waals surface area contributed by atoms with Crippen molar-refractivity contribution in [3.63, 3.8) is 0 Å². The molecule has 0 bridgehead atoms. The van der Waals surface area contributed by atoms with Crippen molar-refractivity contribution in [2.45, 2.75) is 19.0 Å². The minimum absolute atomic E-state index is 0.0277. The van der Waals surface area contributed by atoms with Crippen LogP contribution in [-0.2, 0) is 11.3 Å². The molecule has 0 spiro atoms. The number of hydrogen-bond donors (Lipinski definition) is 2. The first kappa shape index (κ1) is 16.8. The number of nitrogens with zero attached hydrogens (tertiary/aromatic N) is 2. The van der Waals surface area contributed by atoms with Gasteiger partial charge < -0.3 is 15.1 Å². The molecule has 0 radical (unpaired) electrons. The highest BCUT2D eigenvalue weighted by molar-refractivity contribution is 5.77. The molecule has 5 nitrogen and oxygen atoms in total. The summed E-state index contributed by atoms with van der Waals surface area (Å²) in [5, 5.41) is 18.1. The molecule has 1 aliphatic heterocycles. The number of benzene rings is 1. The van der Waals surface area contributed by atoms with Crippen molar-refractivity contribution in [3.05, 3.63) is 35.4 Å². The van der Waals surface area contributed by atoms with Gasteiger partial charge in [-0.25, -0.2) is 8.78 Å². The molecule has 1 atom stereocenters. The summed E-state index contributed by atoms with van der Waals surface area (Å²) >= 11 is 0. The van der Waals surface area contributed by atoms with Gasteiger partial charge in [0.2, 0.25) is 5.91 Å². The Morgan fingerprint density at radius 2 is 2.00 bits per heavy atom. The van der Waals surface area contributed by atoms with E-state index >= 15 is 0 Å². The lowest BCUT2D eigenvalue weighted by Crippen LogP contribution is -2.55. The lowest BCUT2D eigenvalue weighted by atomic mass is 10.1. The molecular formula is C15H20F2N2O3. The van der Waals surface area contributed by atoms with Gasteiger partial charge in [0.05, 0.1) is 0 Å². The zero-order chi connectivity index (χ0) is 16.1. The molecule has 1 aromatic carbocycles. The highest BCUT2D eigenvalue weighted by Gasteiger charge is 2.28. The third kappa shape index (κ3) is 4.00. The van der Waals surface area contributed by atoms with E-state index in [0.29, 0.717) is 38.2 Å². The average Bonchev–Trinajstić information content (AvgIpc) is 2.52. The number of rotatable bonds is 5. The summed E-state index contributed by atoms with van der Waals surface area (Å²) in [6.45, 7) is 1.28. The van der Waals surface area contributed by atoms with Gasteiger partial charge in [-0.1, -0.05) is 6.07 Å². The molecule has 1 aromatic rings. The summed E-state index contributed by atoms with van der Waals surface area (Å²) in [6, 6.07) is 3.70.